The van der Waals surface area contributed by atoms with Gasteiger partial charge in [0.05, 0.1) is 5.52 Å². The number of carbonyl (C=O) groups is 1. The molecule has 35 heavy (non-hydrogen) atoms. The lowest BCUT2D eigenvalue weighted by Crippen LogP contribution is -2.29. The fraction of sp³-hybridized carbons (Fsp3) is 0.154. The Kier molecular flexibility index (Phi) is 4.95. The predicted octanol–water partition coefficient (Wildman–Crippen LogP) is 4.99. The summed E-state index contributed by atoms with van der Waals surface area (Å²) in [5.74, 6) is 2.16. The molecule has 2 amide bonds. The number of likely N-dealkylation sites (N-methyl/N-ethyl adjacent to an activating group) is 1. The molecule has 1 fully saturated rings. The molecule has 0 unspecified atom stereocenters. The number of carbonyl (C=O) groups excluding carboxylic acids is 1. The van der Waals surface area contributed by atoms with Crippen molar-refractivity contribution in [3.8, 4) is 11.5 Å². The maximum atomic E-state index is 12.5. The Hall–Kier alpha value is -4.66. The fourth-order valence-electron chi connectivity index (χ4n) is 4.26. The lowest BCUT2D eigenvalue weighted by molar-refractivity contribution is 0.229. The SMILES string of the molecule is Cc1cc(Nc2ncnc3ccc(N4CCN(C)C4=O)cc23)ccc1Oc1ccn2ccnc2c1. The maximum absolute atomic E-state index is 12.5. The molecule has 9 nitrogen and oxygen atoms in total. The predicted molar refractivity (Wildman–Crippen MR) is 135 cm³/mol. The number of amides is 2. The standard InChI is InChI=1S/C26H23N7O2/c1-17-13-18(3-6-23(17)35-20-7-9-32-10-8-27-24(32)15-20)30-25-21-14-19(4-5-22(21)28-16-29-25)33-12-11-31(2)26(33)34/h3-10,13-16H,11-12H2,1-2H3,(H,28,29,30). The molecule has 0 bridgehead atoms. The summed E-state index contributed by atoms with van der Waals surface area (Å²) in [4.78, 5) is 29.1. The second-order valence-electron chi connectivity index (χ2n) is 8.54. The summed E-state index contributed by atoms with van der Waals surface area (Å²) in [6, 6.07) is 15.5. The van der Waals surface area contributed by atoms with Crippen LogP contribution in [0, 0.1) is 6.92 Å². The Bertz CT molecular complexity index is 1580. The van der Waals surface area contributed by atoms with Gasteiger partial charge in [-0.1, -0.05) is 0 Å². The molecule has 1 N–H and O–H groups in total. The van der Waals surface area contributed by atoms with Crippen LogP contribution in [0.3, 0.4) is 0 Å². The number of aromatic nitrogens is 4. The summed E-state index contributed by atoms with van der Waals surface area (Å²) < 4.78 is 8.04. The van der Waals surface area contributed by atoms with Gasteiger partial charge in [-0.3, -0.25) is 4.90 Å². The van der Waals surface area contributed by atoms with E-state index in [2.05, 4.69) is 20.3 Å². The summed E-state index contributed by atoms with van der Waals surface area (Å²) >= 11 is 0. The summed E-state index contributed by atoms with van der Waals surface area (Å²) in [5, 5.41) is 4.25. The van der Waals surface area contributed by atoms with Gasteiger partial charge in [0, 0.05) is 61.6 Å². The Morgan fingerprint density at radius 1 is 0.971 bits per heavy atom. The van der Waals surface area contributed by atoms with Gasteiger partial charge in [-0.2, -0.15) is 0 Å². The number of benzene rings is 2. The quantitative estimate of drug-likeness (QED) is 0.393. The van der Waals surface area contributed by atoms with Gasteiger partial charge in [0.25, 0.3) is 0 Å². The molecule has 0 radical (unpaired) electrons. The zero-order valence-electron chi connectivity index (χ0n) is 19.3. The van der Waals surface area contributed by atoms with Gasteiger partial charge >= 0.3 is 6.03 Å². The third kappa shape index (κ3) is 3.86. The molecule has 0 saturated carbocycles. The second kappa shape index (κ2) is 8.28. The van der Waals surface area contributed by atoms with E-state index in [-0.39, 0.29) is 6.03 Å². The van der Waals surface area contributed by atoms with Crippen LogP contribution in [0.1, 0.15) is 5.56 Å². The van der Waals surface area contributed by atoms with Crippen LogP contribution in [-0.2, 0) is 0 Å². The number of imidazole rings is 1. The lowest BCUT2D eigenvalue weighted by Gasteiger charge is -2.17. The van der Waals surface area contributed by atoms with Gasteiger partial charge < -0.3 is 19.4 Å². The van der Waals surface area contributed by atoms with Crippen LogP contribution in [0.5, 0.6) is 11.5 Å². The van der Waals surface area contributed by atoms with E-state index in [1.165, 1.54) is 6.33 Å². The molecule has 5 aromatic rings. The minimum atomic E-state index is -0.00572. The van der Waals surface area contributed by atoms with Crippen molar-refractivity contribution in [1.82, 2.24) is 24.3 Å². The zero-order valence-corrected chi connectivity index (χ0v) is 19.3. The molecule has 0 spiro atoms. The van der Waals surface area contributed by atoms with Crippen molar-refractivity contribution in [2.75, 3.05) is 30.4 Å². The van der Waals surface area contributed by atoms with Gasteiger partial charge in [0.15, 0.2) is 0 Å². The van der Waals surface area contributed by atoms with Crippen molar-refractivity contribution in [2.24, 2.45) is 0 Å². The molecule has 1 saturated heterocycles. The smallest absolute Gasteiger partial charge is 0.324 e. The van der Waals surface area contributed by atoms with Crippen LogP contribution >= 0.6 is 0 Å². The molecule has 4 heterocycles. The molecular weight excluding hydrogens is 442 g/mol. The lowest BCUT2D eigenvalue weighted by atomic mass is 10.1. The number of anilines is 3. The number of hydrogen-bond donors (Lipinski definition) is 1. The zero-order chi connectivity index (χ0) is 23.9. The molecular formula is C26H23N7O2. The molecule has 0 atom stereocenters. The average molecular weight is 466 g/mol. The number of rotatable bonds is 5. The highest BCUT2D eigenvalue weighted by molar-refractivity contribution is 5.99. The second-order valence-corrected chi connectivity index (χ2v) is 8.54. The number of ether oxygens (including phenoxy) is 1. The van der Waals surface area contributed by atoms with E-state index in [0.717, 1.165) is 45.0 Å². The van der Waals surface area contributed by atoms with Gasteiger partial charge in [-0.25, -0.2) is 19.7 Å². The van der Waals surface area contributed by atoms with E-state index in [1.807, 2.05) is 79.3 Å². The number of urea groups is 1. The first-order valence-electron chi connectivity index (χ1n) is 11.3. The Balaban J connectivity index is 1.27. The highest BCUT2D eigenvalue weighted by Crippen LogP contribution is 2.32. The monoisotopic (exact) mass is 465 g/mol. The number of aryl methyl sites for hydroxylation is 1. The number of nitrogens with one attached hydrogen (secondary N) is 1. The van der Waals surface area contributed by atoms with Crippen LogP contribution in [0.4, 0.5) is 22.0 Å². The average Bonchev–Trinajstić information content (AvgIpc) is 3.47. The Morgan fingerprint density at radius 2 is 1.89 bits per heavy atom. The topological polar surface area (TPSA) is 87.9 Å². The minimum absolute atomic E-state index is 0.00572. The van der Waals surface area contributed by atoms with Crippen LogP contribution in [0.2, 0.25) is 0 Å². The number of pyridine rings is 1. The highest BCUT2D eigenvalue weighted by Gasteiger charge is 2.26. The number of hydrogen-bond acceptors (Lipinski definition) is 6. The fourth-order valence-corrected chi connectivity index (χ4v) is 4.26. The first-order valence-corrected chi connectivity index (χ1v) is 11.3. The summed E-state index contributed by atoms with van der Waals surface area (Å²) in [7, 11) is 1.81. The van der Waals surface area contributed by atoms with Gasteiger partial charge in [-0.15, -0.1) is 0 Å². The van der Waals surface area contributed by atoms with Gasteiger partial charge in [-0.05, 0) is 55.0 Å². The molecule has 6 rings (SSSR count). The largest absolute Gasteiger partial charge is 0.457 e. The number of nitrogens with zero attached hydrogens (tertiary/aromatic N) is 6. The maximum Gasteiger partial charge on any atom is 0.324 e. The van der Waals surface area contributed by atoms with Gasteiger partial charge in [0.2, 0.25) is 0 Å². The minimum Gasteiger partial charge on any atom is -0.457 e. The van der Waals surface area contributed by atoms with Crippen LogP contribution in [0.15, 0.2) is 73.4 Å². The molecule has 3 aromatic heterocycles. The number of fused-ring (bicyclic) bond motifs is 2. The van der Waals surface area contributed by atoms with Crippen LogP contribution < -0.4 is 15.0 Å². The van der Waals surface area contributed by atoms with Crippen molar-refractivity contribution >= 4 is 39.8 Å². The van der Waals surface area contributed by atoms with Crippen molar-refractivity contribution in [2.45, 2.75) is 6.92 Å². The van der Waals surface area contributed by atoms with Crippen molar-refractivity contribution < 1.29 is 9.53 Å². The van der Waals surface area contributed by atoms with Gasteiger partial charge in [0.1, 0.15) is 29.3 Å². The molecule has 1 aliphatic rings. The molecule has 174 valence electrons. The normalized spacial score (nSPS) is 13.7. The highest BCUT2D eigenvalue weighted by atomic mass is 16.5. The van der Waals surface area contributed by atoms with Crippen molar-refractivity contribution in [1.29, 1.82) is 0 Å². The van der Waals surface area contributed by atoms with Crippen LogP contribution in [0.25, 0.3) is 16.6 Å². The van der Waals surface area contributed by atoms with E-state index in [4.69, 9.17) is 4.74 Å². The Labute approximate surface area is 201 Å². The first kappa shape index (κ1) is 20.9. The van der Waals surface area contributed by atoms with E-state index < -0.39 is 0 Å². The first-order chi connectivity index (χ1) is 17.0. The third-order valence-corrected chi connectivity index (χ3v) is 6.18. The third-order valence-electron chi connectivity index (χ3n) is 6.18. The molecule has 2 aromatic carbocycles. The van der Waals surface area contributed by atoms with Crippen molar-refractivity contribution in [3.05, 3.63) is 79.0 Å². The van der Waals surface area contributed by atoms with Crippen LogP contribution in [-0.4, -0.2) is 50.4 Å². The summed E-state index contributed by atoms with van der Waals surface area (Å²) in [6.07, 6.45) is 7.11. The Morgan fingerprint density at radius 3 is 2.71 bits per heavy atom. The summed E-state index contributed by atoms with van der Waals surface area (Å²) in [5.41, 5.74) is 4.32. The molecule has 0 aliphatic carbocycles. The van der Waals surface area contributed by atoms with E-state index in [9.17, 15) is 4.79 Å². The van der Waals surface area contributed by atoms with E-state index in [0.29, 0.717) is 18.9 Å². The molecule has 9 heteroatoms. The van der Waals surface area contributed by atoms with Crippen molar-refractivity contribution in [3.63, 3.8) is 0 Å². The summed E-state index contributed by atoms with van der Waals surface area (Å²) in [6.45, 7) is 3.36. The van der Waals surface area contributed by atoms with E-state index >= 15 is 0 Å². The van der Waals surface area contributed by atoms with E-state index in [1.54, 1.807) is 16.0 Å². The molecule has 1 aliphatic heterocycles.